The molecular weight excluding hydrogens is 206 g/mol. The quantitative estimate of drug-likeness (QED) is 0.791. The average Bonchev–Trinajstić information content (AvgIpc) is 2.15. The van der Waals surface area contributed by atoms with Crippen LogP contribution >= 0.6 is 0 Å². The Labute approximate surface area is 97.7 Å². The molecule has 94 valence electrons. The third-order valence-electron chi connectivity index (χ3n) is 2.71. The van der Waals surface area contributed by atoms with Gasteiger partial charge in [-0.15, -0.1) is 0 Å². The zero-order valence-electron chi connectivity index (χ0n) is 10.7. The molecule has 1 aliphatic rings. The molecule has 2 atom stereocenters. The van der Waals surface area contributed by atoms with Crippen molar-refractivity contribution in [1.29, 1.82) is 0 Å². The SMILES string of the molecule is COC1CCCCC1NC(=O)OC(C)(C)C. The lowest BCUT2D eigenvalue weighted by atomic mass is 9.92. The van der Waals surface area contributed by atoms with Gasteiger partial charge < -0.3 is 14.8 Å². The van der Waals surface area contributed by atoms with Crippen molar-refractivity contribution in [3.63, 3.8) is 0 Å². The normalized spacial score (nSPS) is 26.2. The number of hydrogen-bond donors (Lipinski definition) is 1. The largest absolute Gasteiger partial charge is 0.444 e. The second kappa shape index (κ2) is 5.53. The van der Waals surface area contributed by atoms with Crippen LogP contribution in [0.2, 0.25) is 0 Å². The number of ether oxygens (including phenoxy) is 2. The summed E-state index contributed by atoms with van der Waals surface area (Å²) in [4.78, 5) is 11.6. The Bertz CT molecular complexity index is 235. The standard InChI is InChI=1S/C12H23NO3/c1-12(2,3)16-11(14)13-9-7-5-6-8-10(9)15-4/h9-10H,5-8H2,1-4H3,(H,13,14). The van der Waals surface area contributed by atoms with Crippen molar-refractivity contribution in [2.24, 2.45) is 0 Å². The van der Waals surface area contributed by atoms with Gasteiger partial charge in [0.05, 0.1) is 12.1 Å². The summed E-state index contributed by atoms with van der Waals surface area (Å²) < 4.78 is 10.6. The van der Waals surface area contributed by atoms with Gasteiger partial charge >= 0.3 is 6.09 Å². The van der Waals surface area contributed by atoms with E-state index < -0.39 is 5.60 Å². The second-order valence-corrected chi connectivity index (χ2v) is 5.31. The van der Waals surface area contributed by atoms with Crippen molar-refractivity contribution in [2.45, 2.75) is 64.2 Å². The fourth-order valence-corrected chi connectivity index (χ4v) is 2.00. The van der Waals surface area contributed by atoms with Crippen molar-refractivity contribution in [2.75, 3.05) is 7.11 Å². The number of hydrogen-bond acceptors (Lipinski definition) is 3. The third-order valence-corrected chi connectivity index (χ3v) is 2.71. The van der Waals surface area contributed by atoms with Gasteiger partial charge in [0.2, 0.25) is 0 Å². The first-order valence-corrected chi connectivity index (χ1v) is 5.94. The number of rotatable bonds is 2. The van der Waals surface area contributed by atoms with Crippen LogP contribution in [0.25, 0.3) is 0 Å². The summed E-state index contributed by atoms with van der Waals surface area (Å²) >= 11 is 0. The molecule has 1 N–H and O–H groups in total. The van der Waals surface area contributed by atoms with Crippen molar-refractivity contribution in [3.05, 3.63) is 0 Å². The van der Waals surface area contributed by atoms with E-state index in [1.165, 1.54) is 6.42 Å². The van der Waals surface area contributed by atoms with E-state index in [9.17, 15) is 4.79 Å². The van der Waals surface area contributed by atoms with Crippen LogP contribution in [0.4, 0.5) is 4.79 Å². The molecule has 1 aliphatic carbocycles. The highest BCUT2D eigenvalue weighted by Gasteiger charge is 2.28. The van der Waals surface area contributed by atoms with E-state index >= 15 is 0 Å². The van der Waals surface area contributed by atoms with E-state index in [0.29, 0.717) is 0 Å². The summed E-state index contributed by atoms with van der Waals surface area (Å²) in [5.41, 5.74) is -0.443. The number of carbonyl (C=O) groups is 1. The number of alkyl carbamates (subject to hydrolysis) is 1. The maximum absolute atomic E-state index is 11.6. The Hall–Kier alpha value is -0.770. The first kappa shape index (κ1) is 13.3. The Morgan fingerprint density at radius 1 is 1.25 bits per heavy atom. The molecule has 0 saturated heterocycles. The molecule has 1 fully saturated rings. The van der Waals surface area contributed by atoms with Crippen LogP contribution in [-0.2, 0) is 9.47 Å². The lowest BCUT2D eigenvalue weighted by molar-refractivity contribution is 0.0213. The van der Waals surface area contributed by atoms with Gasteiger partial charge in [0.15, 0.2) is 0 Å². The number of methoxy groups -OCH3 is 1. The molecule has 0 aromatic rings. The maximum atomic E-state index is 11.6. The summed E-state index contributed by atoms with van der Waals surface area (Å²) in [6, 6.07) is 0.0913. The Morgan fingerprint density at radius 2 is 1.88 bits per heavy atom. The van der Waals surface area contributed by atoms with Gasteiger partial charge in [0.1, 0.15) is 5.60 Å². The number of nitrogens with one attached hydrogen (secondary N) is 1. The zero-order chi connectivity index (χ0) is 12.2. The van der Waals surface area contributed by atoms with E-state index in [4.69, 9.17) is 9.47 Å². The molecule has 0 heterocycles. The topological polar surface area (TPSA) is 47.6 Å². The van der Waals surface area contributed by atoms with Crippen LogP contribution < -0.4 is 5.32 Å². The van der Waals surface area contributed by atoms with Gasteiger partial charge in [-0.05, 0) is 33.6 Å². The minimum Gasteiger partial charge on any atom is -0.444 e. The van der Waals surface area contributed by atoms with Gasteiger partial charge in [0, 0.05) is 7.11 Å². The van der Waals surface area contributed by atoms with Gasteiger partial charge in [0.25, 0.3) is 0 Å². The molecule has 0 bridgehead atoms. The molecule has 1 saturated carbocycles. The molecule has 0 radical (unpaired) electrons. The Balaban J connectivity index is 2.42. The maximum Gasteiger partial charge on any atom is 0.407 e. The molecule has 0 spiro atoms. The molecule has 2 unspecified atom stereocenters. The zero-order valence-corrected chi connectivity index (χ0v) is 10.7. The van der Waals surface area contributed by atoms with Gasteiger partial charge in [-0.25, -0.2) is 4.79 Å². The van der Waals surface area contributed by atoms with Crippen molar-refractivity contribution in [1.82, 2.24) is 5.32 Å². The molecule has 0 aliphatic heterocycles. The Morgan fingerprint density at radius 3 is 2.44 bits per heavy atom. The summed E-state index contributed by atoms with van der Waals surface area (Å²) in [7, 11) is 1.69. The van der Waals surface area contributed by atoms with Crippen LogP contribution in [-0.4, -0.2) is 30.9 Å². The van der Waals surface area contributed by atoms with Crippen molar-refractivity contribution < 1.29 is 14.3 Å². The minimum atomic E-state index is -0.443. The highest BCUT2D eigenvalue weighted by molar-refractivity contribution is 5.68. The third kappa shape index (κ3) is 4.39. The fraction of sp³-hybridized carbons (Fsp3) is 0.917. The molecule has 4 heteroatoms. The summed E-state index contributed by atoms with van der Waals surface area (Å²) in [5.74, 6) is 0. The molecule has 1 amide bonds. The van der Waals surface area contributed by atoms with E-state index in [1.807, 2.05) is 20.8 Å². The van der Waals surface area contributed by atoms with E-state index in [0.717, 1.165) is 19.3 Å². The van der Waals surface area contributed by atoms with Gasteiger partial charge in [-0.3, -0.25) is 0 Å². The molecule has 0 aromatic heterocycles. The smallest absolute Gasteiger partial charge is 0.407 e. The average molecular weight is 229 g/mol. The van der Waals surface area contributed by atoms with Crippen LogP contribution in [0, 0.1) is 0 Å². The predicted molar refractivity (Wildman–Crippen MR) is 62.4 cm³/mol. The highest BCUT2D eigenvalue weighted by atomic mass is 16.6. The molecule has 4 nitrogen and oxygen atoms in total. The van der Waals surface area contributed by atoms with Crippen molar-refractivity contribution in [3.8, 4) is 0 Å². The van der Waals surface area contributed by atoms with Gasteiger partial charge in [-0.2, -0.15) is 0 Å². The minimum absolute atomic E-state index is 0.0913. The van der Waals surface area contributed by atoms with E-state index in [-0.39, 0.29) is 18.2 Å². The van der Waals surface area contributed by atoms with Crippen molar-refractivity contribution >= 4 is 6.09 Å². The van der Waals surface area contributed by atoms with Crippen LogP contribution in [0.3, 0.4) is 0 Å². The first-order chi connectivity index (χ1) is 7.42. The van der Waals surface area contributed by atoms with E-state index in [1.54, 1.807) is 7.11 Å². The molecular formula is C12H23NO3. The lowest BCUT2D eigenvalue weighted by Crippen LogP contribution is -2.47. The number of carbonyl (C=O) groups excluding carboxylic acids is 1. The lowest BCUT2D eigenvalue weighted by Gasteiger charge is -2.31. The van der Waals surface area contributed by atoms with Crippen LogP contribution in [0.15, 0.2) is 0 Å². The summed E-state index contributed by atoms with van der Waals surface area (Å²) in [6.07, 6.45) is 4.07. The molecule has 16 heavy (non-hydrogen) atoms. The Kier molecular flexibility index (Phi) is 4.59. The molecule has 1 rings (SSSR count). The monoisotopic (exact) mass is 229 g/mol. The predicted octanol–water partition coefficient (Wildman–Crippen LogP) is 2.47. The fourth-order valence-electron chi connectivity index (χ4n) is 2.00. The van der Waals surface area contributed by atoms with Crippen LogP contribution in [0.5, 0.6) is 0 Å². The number of amides is 1. The first-order valence-electron chi connectivity index (χ1n) is 5.94. The van der Waals surface area contributed by atoms with Crippen LogP contribution in [0.1, 0.15) is 46.5 Å². The second-order valence-electron chi connectivity index (χ2n) is 5.31. The summed E-state index contributed by atoms with van der Waals surface area (Å²) in [5, 5.41) is 2.89. The summed E-state index contributed by atoms with van der Waals surface area (Å²) in [6.45, 7) is 5.59. The highest BCUT2D eigenvalue weighted by Crippen LogP contribution is 2.21. The molecule has 0 aromatic carbocycles. The van der Waals surface area contributed by atoms with E-state index in [2.05, 4.69) is 5.32 Å². The van der Waals surface area contributed by atoms with Gasteiger partial charge in [-0.1, -0.05) is 12.8 Å².